The Morgan fingerprint density at radius 1 is 1.28 bits per heavy atom. The van der Waals surface area contributed by atoms with Gasteiger partial charge in [-0.2, -0.15) is 5.10 Å². The Morgan fingerprint density at radius 3 is 2.64 bits per heavy atom. The molecule has 0 saturated carbocycles. The molecule has 0 radical (unpaired) electrons. The molecule has 0 aliphatic carbocycles. The van der Waals surface area contributed by atoms with Crippen LogP contribution in [0.1, 0.15) is 54.9 Å². The molecule has 1 aromatic carbocycles. The lowest BCUT2D eigenvalue weighted by Crippen LogP contribution is -2.31. The van der Waals surface area contributed by atoms with E-state index < -0.39 is 6.10 Å². The maximum absolute atomic E-state index is 12.7. The monoisotopic (exact) mass is 382 g/mol. The molecule has 1 aromatic heterocycles. The third-order valence-corrected chi connectivity index (χ3v) is 4.76. The summed E-state index contributed by atoms with van der Waals surface area (Å²) in [6.45, 7) is 7.74. The summed E-state index contributed by atoms with van der Waals surface area (Å²) in [5.41, 5.74) is 2.94. The van der Waals surface area contributed by atoms with Crippen LogP contribution in [0, 0.1) is 13.8 Å². The van der Waals surface area contributed by atoms with Crippen molar-refractivity contribution in [1.82, 2.24) is 9.78 Å². The van der Waals surface area contributed by atoms with Crippen LogP contribution in [-0.4, -0.2) is 21.8 Å². The lowest BCUT2D eigenvalue weighted by molar-refractivity contribution is 0.0707. The van der Waals surface area contributed by atoms with E-state index in [4.69, 9.17) is 27.9 Å². The minimum Gasteiger partial charge on any atom is -0.479 e. The fourth-order valence-corrected chi connectivity index (χ4v) is 3.24. The molecule has 0 spiro atoms. The van der Waals surface area contributed by atoms with Gasteiger partial charge in [0.15, 0.2) is 6.10 Å². The molecule has 2 aromatic rings. The number of nitrogens with zero attached hydrogens (tertiary/aromatic N) is 2. The van der Waals surface area contributed by atoms with E-state index in [1.54, 1.807) is 25.1 Å². The number of ether oxygens (including phenoxy) is 1. The molecule has 0 fully saturated rings. The summed E-state index contributed by atoms with van der Waals surface area (Å²) in [6, 6.07) is 4.92. The van der Waals surface area contributed by atoms with Crippen molar-refractivity contribution in [2.24, 2.45) is 0 Å². The van der Waals surface area contributed by atoms with Gasteiger partial charge in [-0.05, 0) is 57.4 Å². The number of hydrogen-bond donors (Lipinski definition) is 0. The molecule has 0 aliphatic heterocycles. The Hall–Kier alpha value is -1.52. The Bertz CT molecular complexity index is 756. The third-order valence-electron chi connectivity index (χ3n) is 4.23. The van der Waals surface area contributed by atoms with E-state index in [1.807, 2.05) is 13.8 Å². The van der Waals surface area contributed by atoms with Crippen LogP contribution >= 0.6 is 23.2 Å². The molecule has 1 atom stereocenters. The SMILES string of the molecule is CCCCCc1c(C)nn(C(=O)C(C)Oc2ccc(Cl)cc2Cl)c1C. The van der Waals surface area contributed by atoms with Crippen molar-refractivity contribution in [3.05, 3.63) is 45.2 Å². The number of rotatable bonds is 7. The first-order chi connectivity index (χ1) is 11.8. The van der Waals surface area contributed by atoms with Gasteiger partial charge in [0, 0.05) is 10.7 Å². The normalized spacial score (nSPS) is 12.2. The number of carbonyl (C=O) groups excluding carboxylic acids is 1. The maximum atomic E-state index is 12.7. The quantitative estimate of drug-likeness (QED) is 0.581. The van der Waals surface area contributed by atoms with E-state index in [0.717, 1.165) is 36.2 Å². The van der Waals surface area contributed by atoms with Crippen LogP contribution in [0.4, 0.5) is 0 Å². The van der Waals surface area contributed by atoms with Crippen molar-refractivity contribution >= 4 is 29.1 Å². The molecular weight excluding hydrogens is 359 g/mol. The predicted molar refractivity (Wildman–Crippen MR) is 102 cm³/mol. The largest absolute Gasteiger partial charge is 0.479 e. The second-order valence-electron chi connectivity index (χ2n) is 6.19. The highest BCUT2D eigenvalue weighted by atomic mass is 35.5. The zero-order valence-corrected chi connectivity index (χ0v) is 16.6. The first kappa shape index (κ1) is 19.8. The Labute approximate surface area is 159 Å². The fourth-order valence-electron chi connectivity index (χ4n) is 2.79. The highest BCUT2D eigenvalue weighted by Gasteiger charge is 2.23. The molecule has 136 valence electrons. The van der Waals surface area contributed by atoms with E-state index in [0.29, 0.717) is 15.8 Å². The van der Waals surface area contributed by atoms with Gasteiger partial charge < -0.3 is 4.74 Å². The summed E-state index contributed by atoms with van der Waals surface area (Å²) in [6.07, 6.45) is 3.67. The van der Waals surface area contributed by atoms with Gasteiger partial charge in [0.05, 0.1) is 10.7 Å². The topological polar surface area (TPSA) is 44.1 Å². The fraction of sp³-hybridized carbons (Fsp3) is 0.474. The van der Waals surface area contributed by atoms with Crippen molar-refractivity contribution in [2.45, 2.75) is 59.5 Å². The zero-order valence-electron chi connectivity index (χ0n) is 15.1. The van der Waals surface area contributed by atoms with E-state index in [1.165, 1.54) is 11.1 Å². The highest BCUT2D eigenvalue weighted by molar-refractivity contribution is 6.35. The number of hydrogen-bond acceptors (Lipinski definition) is 3. The van der Waals surface area contributed by atoms with Crippen LogP contribution < -0.4 is 4.74 Å². The van der Waals surface area contributed by atoms with Gasteiger partial charge in [0.1, 0.15) is 5.75 Å². The summed E-state index contributed by atoms with van der Waals surface area (Å²) >= 11 is 12.0. The standard InChI is InChI=1S/C19H24Cl2N2O2/c1-5-6-7-8-16-12(2)22-23(13(16)3)19(24)14(4)25-18-10-9-15(20)11-17(18)21/h9-11,14H,5-8H2,1-4H3. The molecule has 0 N–H and O–H groups in total. The van der Waals surface area contributed by atoms with Crippen molar-refractivity contribution in [2.75, 3.05) is 0 Å². The van der Waals surface area contributed by atoms with Crippen LogP contribution in [0.15, 0.2) is 18.2 Å². The van der Waals surface area contributed by atoms with Crippen molar-refractivity contribution in [3.63, 3.8) is 0 Å². The van der Waals surface area contributed by atoms with Gasteiger partial charge >= 0.3 is 0 Å². The number of carbonyl (C=O) groups is 1. The van der Waals surface area contributed by atoms with Crippen molar-refractivity contribution in [3.8, 4) is 5.75 Å². The zero-order chi connectivity index (χ0) is 18.6. The number of halogens is 2. The molecule has 0 bridgehead atoms. The smallest absolute Gasteiger partial charge is 0.287 e. The van der Waals surface area contributed by atoms with Gasteiger partial charge in [-0.15, -0.1) is 0 Å². The summed E-state index contributed by atoms with van der Waals surface area (Å²) < 4.78 is 7.17. The molecule has 1 unspecified atom stereocenters. The first-order valence-electron chi connectivity index (χ1n) is 8.56. The average Bonchev–Trinajstić information content (AvgIpc) is 2.84. The number of aromatic nitrogens is 2. The second-order valence-corrected chi connectivity index (χ2v) is 7.03. The van der Waals surface area contributed by atoms with Crippen molar-refractivity contribution < 1.29 is 9.53 Å². The molecule has 25 heavy (non-hydrogen) atoms. The lowest BCUT2D eigenvalue weighted by Gasteiger charge is -2.15. The third kappa shape index (κ3) is 4.77. The maximum Gasteiger partial charge on any atom is 0.287 e. The Morgan fingerprint density at radius 2 is 2.00 bits per heavy atom. The van der Waals surface area contributed by atoms with Crippen molar-refractivity contribution in [1.29, 1.82) is 0 Å². The van der Waals surface area contributed by atoms with Gasteiger partial charge in [0.2, 0.25) is 0 Å². The van der Waals surface area contributed by atoms with Crippen LogP contribution in [0.5, 0.6) is 5.75 Å². The number of aryl methyl sites for hydroxylation is 1. The minimum absolute atomic E-state index is 0.214. The van der Waals surface area contributed by atoms with Crippen LogP contribution in [0.3, 0.4) is 0 Å². The summed E-state index contributed by atoms with van der Waals surface area (Å²) in [5.74, 6) is 0.213. The van der Waals surface area contributed by atoms with Crippen LogP contribution in [-0.2, 0) is 6.42 Å². The molecule has 0 saturated heterocycles. The minimum atomic E-state index is -0.708. The number of unbranched alkanes of at least 4 members (excludes halogenated alkanes) is 2. The lowest BCUT2D eigenvalue weighted by atomic mass is 10.1. The highest BCUT2D eigenvalue weighted by Crippen LogP contribution is 2.28. The van der Waals surface area contributed by atoms with E-state index in [9.17, 15) is 4.79 Å². The Balaban J connectivity index is 2.15. The number of benzene rings is 1. The van der Waals surface area contributed by atoms with Gasteiger partial charge in [0.25, 0.3) is 5.91 Å². The van der Waals surface area contributed by atoms with Gasteiger partial charge in [-0.1, -0.05) is 43.0 Å². The summed E-state index contributed by atoms with van der Waals surface area (Å²) in [5, 5.41) is 5.32. The van der Waals surface area contributed by atoms with Gasteiger partial charge in [-0.3, -0.25) is 4.79 Å². The molecule has 6 heteroatoms. The van der Waals surface area contributed by atoms with Gasteiger partial charge in [-0.25, -0.2) is 4.68 Å². The van der Waals surface area contributed by atoms with E-state index in [2.05, 4.69) is 12.0 Å². The average molecular weight is 383 g/mol. The van der Waals surface area contributed by atoms with E-state index >= 15 is 0 Å². The summed E-state index contributed by atoms with van der Waals surface area (Å²) in [4.78, 5) is 12.7. The molecule has 0 amide bonds. The van der Waals surface area contributed by atoms with Crippen LogP contribution in [0.2, 0.25) is 10.0 Å². The molecule has 1 heterocycles. The molecular formula is C19H24Cl2N2O2. The molecule has 4 nitrogen and oxygen atoms in total. The molecule has 2 rings (SSSR count). The second kappa shape index (κ2) is 8.72. The molecule has 0 aliphatic rings. The van der Waals surface area contributed by atoms with E-state index in [-0.39, 0.29) is 5.91 Å². The van der Waals surface area contributed by atoms with Crippen LogP contribution in [0.25, 0.3) is 0 Å². The predicted octanol–water partition coefficient (Wildman–Crippen LogP) is 5.65. The Kier molecular flexibility index (Phi) is 6.91. The first-order valence-corrected chi connectivity index (χ1v) is 9.31. The summed E-state index contributed by atoms with van der Waals surface area (Å²) in [7, 11) is 0.